The number of carbonyl (C=O) groups is 1. The Morgan fingerprint density at radius 3 is 2.32 bits per heavy atom. The first-order chi connectivity index (χ1) is 8.95. The van der Waals surface area contributed by atoms with Crippen LogP contribution in [0.3, 0.4) is 0 Å². The number of anilines is 1. The van der Waals surface area contributed by atoms with E-state index in [1.807, 2.05) is 24.3 Å². The zero-order chi connectivity index (χ0) is 14.4. The molecule has 0 aliphatic carbocycles. The second-order valence-corrected chi connectivity index (χ2v) is 5.02. The first-order valence-corrected chi connectivity index (χ1v) is 6.40. The smallest absolute Gasteiger partial charge is 0.308 e. The van der Waals surface area contributed by atoms with Crippen LogP contribution in [-0.2, 0) is 4.79 Å². The van der Waals surface area contributed by atoms with Crippen LogP contribution in [0, 0.1) is 17.2 Å². The quantitative estimate of drug-likeness (QED) is 0.799. The lowest BCUT2D eigenvalue weighted by Gasteiger charge is -2.24. The standard InChI is InChI=1S/C15H20N2O2/c1-11(2)13-4-6-14(7-5-13)17(9-8-16)10-12(3)15(18)19/h4-7,11-12H,9-10H2,1-3H3,(H,18,19). The fourth-order valence-electron chi connectivity index (χ4n) is 1.83. The van der Waals surface area contributed by atoms with E-state index in [-0.39, 0.29) is 6.54 Å². The van der Waals surface area contributed by atoms with Crippen molar-refractivity contribution in [2.75, 3.05) is 18.0 Å². The molecule has 0 radical (unpaired) electrons. The second kappa shape index (κ2) is 6.79. The van der Waals surface area contributed by atoms with Crippen molar-refractivity contribution in [3.63, 3.8) is 0 Å². The van der Waals surface area contributed by atoms with Crippen molar-refractivity contribution in [1.82, 2.24) is 0 Å². The minimum atomic E-state index is -0.846. The molecule has 102 valence electrons. The summed E-state index contributed by atoms with van der Waals surface area (Å²) in [5.74, 6) is -0.892. The Bertz CT molecular complexity index is 460. The van der Waals surface area contributed by atoms with Crippen molar-refractivity contribution in [3.8, 4) is 6.07 Å². The van der Waals surface area contributed by atoms with Crippen molar-refractivity contribution in [3.05, 3.63) is 29.8 Å². The van der Waals surface area contributed by atoms with Crippen molar-refractivity contribution in [2.45, 2.75) is 26.7 Å². The van der Waals surface area contributed by atoms with Crippen LogP contribution in [0.25, 0.3) is 0 Å². The molecule has 0 heterocycles. The third-order valence-corrected chi connectivity index (χ3v) is 3.10. The zero-order valence-electron chi connectivity index (χ0n) is 11.6. The van der Waals surface area contributed by atoms with E-state index in [9.17, 15) is 4.79 Å². The molecule has 1 N–H and O–H groups in total. The average Bonchev–Trinajstić information content (AvgIpc) is 2.38. The first-order valence-electron chi connectivity index (χ1n) is 6.40. The van der Waals surface area contributed by atoms with Gasteiger partial charge in [-0.3, -0.25) is 4.79 Å². The predicted molar refractivity (Wildman–Crippen MR) is 75.2 cm³/mol. The summed E-state index contributed by atoms with van der Waals surface area (Å²) in [7, 11) is 0. The molecule has 0 amide bonds. The Hall–Kier alpha value is -2.02. The van der Waals surface area contributed by atoms with E-state index in [0.717, 1.165) is 5.69 Å². The summed E-state index contributed by atoms with van der Waals surface area (Å²) in [6.45, 7) is 6.42. The van der Waals surface area contributed by atoms with Crippen molar-refractivity contribution < 1.29 is 9.90 Å². The fourth-order valence-corrected chi connectivity index (χ4v) is 1.83. The Balaban J connectivity index is 2.87. The third-order valence-electron chi connectivity index (χ3n) is 3.10. The highest BCUT2D eigenvalue weighted by Gasteiger charge is 2.16. The lowest BCUT2D eigenvalue weighted by Crippen LogP contribution is -2.32. The van der Waals surface area contributed by atoms with Crippen LogP contribution in [0.1, 0.15) is 32.3 Å². The Morgan fingerprint density at radius 2 is 1.89 bits per heavy atom. The van der Waals surface area contributed by atoms with Gasteiger partial charge in [-0.2, -0.15) is 5.26 Å². The van der Waals surface area contributed by atoms with E-state index in [1.54, 1.807) is 11.8 Å². The number of nitriles is 1. The van der Waals surface area contributed by atoms with Crippen LogP contribution >= 0.6 is 0 Å². The highest BCUT2D eigenvalue weighted by atomic mass is 16.4. The van der Waals surface area contributed by atoms with E-state index in [2.05, 4.69) is 19.9 Å². The SMILES string of the molecule is CC(CN(CC#N)c1ccc(C(C)C)cc1)C(=O)O. The van der Waals surface area contributed by atoms with E-state index in [4.69, 9.17) is 10.4 Å². The van der Waals surface area contributed by atoms with Crippen molar-refractivity contribution >= 4 is 11.7 Å². The molecule has 0 aliphatic heterocycles. The highest BCUT2D eigenvalue weighted by Crippen LogP contribution is 2.20. The number of hydrogen-bond acceptors (Lipinski definition) is 3. The molecule has 4 heteroatoms. The lowest BCUT2D eigenvalue weighted by atomic mass is 10.0. The predicted octanol–water partition coefficient (Wildman–Crippen LogP) is 2.86. The van der Waals surface area contributed by atoms with Crippen molar-refractivity contribution in [1.29, 1.82) is 5.26 Å². The molecule has 1 aromatic carbocycles. The molecule has 0 aliphatic rings. The molecule has 19 heavy (non-hydrogen) atoms. The van der Waals surface area contributed by atoms with Crippen LogP contribution < -0.4 is 4.90 Å². The van der Waals surface area contributed by atoms with Gasteiger partial charge in [0.1, 0.15) is 6.54 Å². The highest BCUT2D eigenvalue weighted by molar-refractivity contribution is 5.70. The molecule has 0 bridgehead atoms. The Labute approximate surface area is 114 Å². The van der Waals surface area contributed by atoms with Gasteiger partial charge in [0, 0.05) is 12.2 Å². The Kier molecular flexibility index (Phi) is 5.37. The number of aliphatic carboxylic acids is 1. The maximum atomic E-state index is 10.9. The zero-order valence-corrected chi connectivity index (χ0v) is 11.6. The monoisotopic (exact) mass is 260 g/mol. The molecular formula is C15H20N2O2. The summed E-state index contributed by atoms with van der Waals surface area (Å²) in [6, 6.07) is 10.0. The number of carboxylic acid groups (broad SMARTS) is 1. The molecule has 4 nitrogen and oxygen atoms in total. The molecule has 0 saturated carbocycles. The maximum Gasteiger partial charge on any atom is 0.308 e. The summed E-state index contributed by atoms with van der Waals surface area (Å²) in [6.07, 6.45) is 0. The Morgan fingerprint density at radius 1 is 1.32 bits per heavy atom. The van der Waals surface area contributed by atoms with E-state index in [0.29, 0.717) is 12.5 Å². The summed E-state index contributed by atoms with van der Waals surface area (Å²) in [5, 5.41) is 17.8. The van der Waals surface area contributed by atoms with Crippen LogP contribution in [0.2, 0.25) is 0 Å². The van der Waals surface area contributed by atoms with E-state index in [1.165, 1.54) is 5.56 Å². The molecule has 1 aromatic rings. The molecule has 0 spiro atoms. The van der Waals surface area contributed by atoms with Gasteiger partial charge in [0.25, 0.3) is 0 Å². The molecule has 1 atom stereocenters. The minimum Gasteiger partial charge on any atom is -0.481 e. The van der Waals surface area contributed by atoms with Gasteiger partial charge in [0.05, 0.1) is 12.0 Å². The van der Waals surface area contributed by atoms with Gasteiger partial charge in [-0.15, -0.1) is 0 Å². The molecule has 0 saturated heterocycles. The van der Waals surface area contributed by atoms with Gasteiger partial charge in [-0.05, 0) is 23.6 Å². The topological polar surface area (TPSA) is 64.3 Å². The molecule has 1 rings (SSSR count). The average molecular weight is 260 g/mol. The summed E-state index contributed by atoms with van der Waals surface area (Å²) < 4.78 is 0. The summed E-state index contributed by atoms with van der Waals surface area (Å²) in [4.78, 5) is 12.7. The van der Waals surface area contributed by atoms with Gasteiger partial charge < -0.3 is 10.0 Å². The lowest BCUT2D eigenvalue weighted by molar-refractivity contribution is -0.140. The van der Waals surface area contributed by atoms with Crippen LogP contribution in [0.15, 0.2) is 24.3 Å². The van der Waals surface area contributed by atoms with Gasteiger partial charge in [0.15, 0.2) is 0 Å². The van der Waals surface area contributed by atoms with Crippen molar-refractivity contribution in [2.24, 2.45) is 5.92 Å². The number of rotatable bonds is 6. The van der Waals surface area contributed by atoms with E-state index >= 15 is 0 Å². The first kappa shape index (κ1) is 15.0. The van der Waals surface area contributed by atoms with Gasteiger partial charge in [-0.25, -0.2) is 0 Å². The molecule has 0 fully saturated rings. The van der Waals surface area contributed by atoms with Gasteiger partial charge in [0.2, 0.25) is 0 Å². The van der Waals surface area contributed by atoms with Crippen LogP contribution in [-0.4, -0.2) is 24.2 Å². The second-order valence-electron chi connectivity index (χ2n) is 5.02. The molecule has 1 unspecified atom stereocenters. The van der Waals surface area contributed by atoms with Crippen LogP contribution in [0.5, 0.6) is 0 Å². The largest absolute Gasteiger partial charge is 0.481 e. The number of benzene rings is 1. The van der Waals surface area contributed by atoms with Gasteiger partial charge >= 0.3 is 5.97 Å². The normalized spacial score (nSPS) is 11.9. The molecular weight excluding hydrogens is 240 g/mol. The molecule has 0 aromatic heterocycles. The fraction of sp³-hybridized carbons (Fsp3) is 0.467. The third kappa shape index (κ3) is 4.29. The number of nitrogens with zero attached hydrogens (tertiary/aromatic N) is 2. The van der Waals surface area contributed by atoms with Crippen LogP contribution in [0.4, 0.5) is 5.69 Å². The summed E-state index contributed by atoms with van der Waals surface area (Å²) >= 11 is 0. The summed E-state index contributed by atoms with van der Waals surface area (Å²) in [5.41, 5.74) is 2.12. The number of carboxylic acids is 1. The van der Waals surface area contributed by atoms with E-state index < -0.39 is 11.9 Å². The van der Waals surface area contributed by atoms with Gasteiger partial charge in [-0.1, -0.05) is 32.9 Å². The minimum absolute atomic E-state index is 0.193. The maximum absolute atomic E-state index is 10.9. The number of hydrogen-bond donors (Lipinski definition) is 1.